The summed E-state index contributed by atoms with van der Waals surface area (Å²) in [6, 6.07) is 10.1. The molecule has 1 saturated heterocycles. The van der Waals surface area contributed by atoms with Crippen LogP contribution >= 0.6 is 31.9 Å². The van der Waals surface area contributed by atoms with Gasteiger partial charge in [-0.2, -0.15) is 0 Å². The predicted molar refractivity (Wildman–Crippen MR) is 221 cm³/mol. The molecule has 9 atom stereocenters. The van der Waals surface area contributed by atoms with Gasteiger partial charge >= 0.3 is 5.97 Å². The molecule has 0 spiro atoms. The molecule has 2 aliphatic rings. The van der Waals surface area contributed by atoms with Gasteiger partial charge in [-0.3, -0.25) is 14.4 Å². The van der Waals surface area contributed by atoms with Gasteiger partial charge in [-0.05, 0) is 101 Å². The van der Waals surface area contributed by atoms with Crippen molar-refractivity contribution in [3.8, 4) is 5.75 Å². The molecule has 13 heteroatoms. The van der Waals surface area contributed by atoms with E-state index in [1.54, 1.807) is 33.2 Å². The summed E-state index contributed by atoms with van der Waals surface area (Å²) < 4.78 is 18.8. The molecule has 3 N–H and O–H groups in total. The van der Waals surface area contributed by atoms with Crippen LogP contribution in [0, 0.1) is 17.8 Å². The normalized spacial score (nSPS) is 30.9. The SMILES string of the molecule is CCC(C)C1C(=O)CC(Cc2cc(Br)c(O)c(Br)c2)C(=O)NC(C(C)(C)O)C(=O)OC(c2ccccc2)C(C)/C=C/C=C(\C)C(OC)CC2OC2(C)C(=O)N1C. The van der Waals surface area contributed by atoms with Crippen LogP contribution in [0.1, 0.15) is 85.0 Å². The Morgan fingerprint density at radius 1 is 1.11 bits per heavy atom. The standard InChI is InChI=1S/C43H56Br2N2O9/c1-10-24(2)35-32(48)22-29(19-27-20-30(44)36(49)31(45)21-27)39(50)46-38(42(5,6)53)40(51)55-37(28-17-12-11-13-18-28)26(4)16-14-15-25(3)33(54-9)23-34-43(7,56-34)41(52)47(35)8/h11-18,20-21,24,26,29,33-35,37-38,49,53H,10,19,22-23H2,1-9H3,(H,46,50)/b16-14+,25-15+. The maximum absolute atomic E-state index is 14.5. The Morgan fingerprint density at radius 3 is 2.30 bits per heavy atom. The van der Waals surface area contributed by atoms with Crippen molar-refractivity contribution in [1.82, 2.24) is 10.2 Å². The van der Waals surface area contributed by atoms with Gasteiger partial charge in [0.25, 0.3) is 5.91 Å². The number of hydrogen-bond acceptors (Lipinski definition) is 9. The smallest absolute Gasteiger partial charge is 0.332 e. The lowest BCUT2D eigenvalue weighted by atomic mass is 9.85. The number of epoxide rings is 1. The Hall–Kier alpha value is -3.36. The van der Waals surface area contributed by atoms with Gasteiger partial charge < -0.3 is 34.6 Å². The van der Waals surface area contributed by atoms with Gasteiger partial charge in [0.15, 0.2) is 17.4 Å². The van der Waals surface area contributed by atoms with Gasteiger partial charge in [0, 0.05) is 38.8 Å². The lowest BCUT2D eigenvalue weighted by molar-refractivity contribution is -0.162. The van der Waals surface area contributed by atoms with Gasteiger partial charge in [-0.15, -0.1) is 0 Å². The average Bonchev–Trinajstić information content (AvgIpc) is 3.81. The van der Waals surface area contributed by atoms with E-state index in [0.29, 0.717) is 27.4 Å². The molecule has 4 rings (SSSR count). The zero-order valence-corrected chi connectivity index (χ0v) is 36.8. The van der Waals surface area contributed by atoms with Crippen LogP contribution in [0.5, 0.6) is 5.75 Å². The zero-order valence-electron chi connectivity index (χ0n) is 33.7. The van der Waals surface area contributed by atoms with Gasteiger partial charge in [0.05, 0.1) is 32.8 Å². The number of esters is 1. The summed E-state index contributed by atoms with van der Waals surface area (Å²) >= 11 is 6.71. The third-order valence-corrected chi connectivity index (χ3v) is 12.3. The first-order valence-electron chi connectivity index (χ1n) is 19.0. The fourth-order valence-corrected chi connectivity index (χ4v) is 8.61. The second kappa shape index (κ2) is 18.9. The molecule has 0 aromatic heterocycles. The van der Waals surface area contributed by atoms with Crippen LogP contribution < -0.4 is 5.32 Å². The highest BCUT2D eigenvalue weighted by molar-refractivity contribution is 9.11. The second-order valence-corrected chi connectivity index (χ2v) is 17.6. The molecule has 306 valence electrons. The van der Waals surface area contributed by atoms with Crippen LogP contribution in [0.2, 0.25) is 0 Å². The van der Waals surface area contributed by atoms with Crippen molar-refractivity contribution in [3.63, 3.8) is 0 Å². The first-order chi connectivity index (χ1) is 26.2. The lowest BCUT2D eigenvalue weighted by Crippen LogP contribution is -2.57. The van der Waals surface area contributed by atoms with Crippen LogP contribution in [-0.2, 0) is 39.8 Å². The molecule has 56 heavy (non-hydrogen) atoms. The second-order valence-electron chi connectivity index (χ2n) is 15.9. The number of rotatable bonds is 7. The number of amides is 2. The minimum atomic E-state index is -1.78. The van der Waals surface area contributed by atoms with Crippen molar-refractivity contribution in [2.75, 3.05) is 14.2 Å². The van der Waals surface area contributed by atoms with E-state index in [0.717, 1.165) is 11.1 Å². The highest BCUT2D eigenvalue weighted by Crippen LogP contribution is 2.43. The third kappa shape index (κ3) is 10.8. The Bertz CT molecular complexity index is 1790. The number of aliphatic hydroxyl groups is 1. The van der Waals surface area contributed by atoms with Crippen LogP contribution in [0.15, 0.2) is 75.2 Å². The van der Waals surface area contributed by atoms with Crippen molar-refractivity contribution < 1.29 is 43.6 Å². The summed E-state index contributed by atoms with van der Waals surface area (Å²) in [4.78, 5) is 58.7. The van der Waals surface area contributed by atoms with Crippen molar-refractivity contribution in [3.05, 3.63) is 86.3 Å². The number of likely N-dealkylation sites (N-methyl/N-ethyl adjacent to an activating group) is 1. The molecule has 0 aliphatic carbocycles. The fraction of sp³-hybridized carbons (Fsp3) is 0.535. The van der Waals surface area contributed by atoms with Gasteiger partial charge in [-0.25, -0.2) is 4.79 Å². The first-order valence-corrected chi connectivity index (χ1v) is 20.6. The zero-order chi connectivity index (χ0) is 41.7. The van der Waals surface area contributed by atoms with E-state index in [1.165, 1.54) is 18.7 Å². The highest BCUT2D eigenvalue weighted by atomic mass is 79.9. The maximum Gasteiger partial charge on any atom is 0.332 e. The number of halogens is 2. The van der Waals surface area contributed by atoms with Crippen LogP contribution in [0.25, 0.3) is 0 Å². The number of phenols is 1. The largest absolute Gasteiger partial charge is 0.506 e. The number of ketones is 1. The number of allylic oxidation sites excluding steroid dienone is 2. The molecule has 2 heterocycles. The summed E-state index contributed by atoms with van der Waals surface area (Å²) in [6.07, 6.45) is 4.77. The quantitative estimate of drug-likeness (QED) is 0.194. The number of methoxy groups -OCH3 is 1. The van der Waals surface area contributed by atoms with Crippen molar-refractivity contribution in [2.24, 2.45) is 17.8 Å². The molecule has 2 aliphatic heterocycles. The van der Waals surface area contributed by atoms with E-state index in [1.807, 2.05) is 76.3 Å². The summed E-state index contributed by atoms with van der Waals surface area (Å²) in [7, 11) is 3.20. The third-order valence-electron chi connectivity index (χ3n) is 11.1. The monoisotopic (exact) mass is 902 g/mol. The first kappa shape index (κ1) is 45.3. The number of phenolic OH excluding ortho intramolecular Hbond substituents is 1. The predicted octanol–water partition coefficient (Wildman–Crippen LogP) is 7.16. The van der Waals surface area contributed by atoms with Gasteiger partial charge in [0.1, 0.15) is 11.9 Å². The molecule has 0 bridgehead atoms. The number of fused-ring (bicyclic) bond motifs is 1. The van der Waals surface area contributed by atoms with Crippen molar-refractivity contribution in [2.45, 2.75) is 116 Å². The maximum atomic E-state index is 14.5. The highest BCUT2D eigenvalue weighted by Gasteiger charge is 2.61. The topological polar surface area (TPSA) is 155 Å². The number of Topliss-reactive ketones (excluding diaryl/α,β-unsaturated/α-hetero) is 1. The van der Waals surface area contributed by atoms with E-state index in [2.05, 4.69) is 37.2 Å². The molecule has 1 fully saturated rings. The summed E-state index contributed by atoms with van der Waals surface area (Å²) in [5.41, 5.74) is -0.740. The van der Waals surface area contributed by atoms with Gasteiger partial charge in [-0.1, -0.05) is 75.8 Å². The summed E-state index contributed by atoms with van der Waals surface area (Å²) in [5.74, 6) is -3.94. The molecular formula is C43H56Br2N2O9. The number of nitrogens with zero attached hydrogens (tertiary/aromatic N) is 1. The number of hydrogen-bond donors (Lipinski definition) is 3. The molecule has 0 radical (unpaired) electrons. The van der Waals surface area contributed by atoms with E-state index in [-0.39, 0.29) is 48.2 Å². The van der Waals surface area contributed by atoms with Crippen molar-refractivity contribution >= 4 is 55.4 Å². The summed E-state index contributed by atoms with van der Waals surface area (Å²) in [5, 5.41) is 24.5. The van der Waals surface area contributed by atoms with E-state index in [4.69, 9.17) is 14.2 Å². The molecule has 2 amide bonds. The minimum Gasteiger partial charge on any atom is -0.506 e. The van der Waals surface area contributed by atoms with E-state index in [9.17, 15) is 29.4 Å². The molecule has 2 aromatic rings. The number of carbonyl (C=O) groups is 4. The number of aromatic hydroxyl groups is 1. The molecular weight excluding hydrogens is 848 g/mol. The number of cyclic esters (lactones) is 1. The van der Waals surface area contributed by atoms with E-state index >= 15 is 0 Å². The Morgan fingerprint density at radius 2 is 1.73 bits per heavy atom. The van der Waals surface area contributed by atoms with Gasteiger partial charge in [0.2, 0.25) is 5.91 Å². The lowest BCUT2D eigenvalue weighted by Gasteiger charge is -2.34. The number of ether oxygens (including phenoxy) is 3. The van der Waals surface area contributed by atoms with Crippen LogP contribution in [-0.4, -0.2) is 88.3 Å². The number of nitrogens with one attached hydrogen (secondary N) is 1. The number of carbonyl (C=O) groups excluding carboxylic acids is 4. The molecule has 0 saturated carbocycles. The van der Waals surface area contributed by atoms with Crippen LogP contribution in [0.3, 0.4) is 0 Å². The molecule has 9 unspecified atom stereocenters. The Kier molecular flexibility index (Phi) is 15.3. The van der Waals surface area contributed by atoms with Crippen molar-refractivity contribution in [1.29, 1.82) is 0 Å². The Balaban J connectivity index is 1.83. The average molecular weight is 905 g/mol. The Labute approximate surface area is 347 Å². The molecule has 11 nitrogen and oxygen atoms in total. The van der Waals surface area contributed by atoms with E-state index < -0.39 is 53.3 Å². The minimum absolute atomic E-state index is 0.0235. The summed E-state index contributed by atoms with van der Waals surface area (Å²) in [6.45, 7) is 12.2. The molecule has 2 aromatic carbocycles. The van der Waals surface area contributed by atoms with Crippen LogP contribution in [0.4, 0.5) is 0 Å². The number of benzene rings is 2. The fourth-order valence-electron chi connectivity index (χ4n) is 7.33.